The van der Waals surface area contributed by atoms with Gasteiger partial charge in [0, 0.05) is 24.1 Å². The summed E-state index contributed by atoms with van der Waals surface area (Å²) in [6.07, 6.45) is 0.638. The molecule has 0 spiro atoms. The highest BCUT2D eigenvalue weighted by Crippen LogP contribution is 2.25. The highest BCUT2D eigenvalue weighted by Gasteiger charge is 2.16. The van der Waals surface area contributed by atoms with Gasteiger partial charge in [-0.25, -0.2) is 9.59 Å². The fourth-order valence-corrected chi connectivity index (χ4v) is 3.46. The van der Waals surface area contributed by atoms with Gasteiger partial charge in [0.25, 0.3) is 5.91 Å². The molecule has 0 atom stereocenters. The summed E-state index contributed by atoms with van der Waals surface area (Å²) in [5, 5.41) is 3.25. The van der Waals surface area contributed by atoms with Gasteiger partial charge in [0.2, 0.25) is 0 Å². The van der Waals surface area contributed by atoms with Crippen LogP contribution in [-0.4, -0.2) is 32.6 Å². The van der Waals surface area contributed by atoms with Crippen molar-refractivity contribution < 1.29 is 28.2 Å². The van der Waals surface area contributed by atoms with Gasteiger partial charge in [0.1, 0.15) is 28.4 Å². The van der Waals surface area contributed by atoms with Crippen LogP contribution in [0.4, 0.5) is 0 Å². The van der Waals surface area contributed by atoms with E-state index in [1.54, 1.807) is 18.2 Å². The molecule has 1 aromatic heterocycles. The average Bonchev–Trinajstić information content (AvgIpc) is 2.88. The Morgan fingerprint density at radius 3 is 2.26 bits per heavy atom. The second-order valence-corrected chi connectivity index (χ2v) is 7.63. The van der Waals surface area contributed by atoms with E-state index in [2.05, 4.69) is 5.32 Å². The molecule has 3 aromatic carbocycles. The van der Waals surface area contributed by atoms with Gasteiger partial charge in [-0.2, -0.15) is 0 Å². The third-order valence-electron chi connectivity index (χ3n) is 5.29. The van der Waals surface area contributed by atoms with Gasteiger partial charge in [-0.1, -0.05) is 30.3 Å². The summed E-state index contributed by atoms with van der Waals surface area (Å²) in [4.78, 5) is 37.6. The number of carbonyl (C=O) groups is 2. The number of methoxy groups -OCH3 is 2. The topological polar surface area (TPSA) is 104 Å². The molecule has 8 nitrogen and oxygen atoms in total. The molecule has 4 aromatic rings. The van der Waals surface area contributed by atoms with Crippen molar-refractivity contribution in [3.05, 3.63) is 99.9 Å². The Morgan fingerprint density at radius 1 is 0.857 bits per heavy atom. The Hall–Kier alpha value is -4.59. The summed E-state index contributed by atoms with van der Waals surface area (Å²) >= 11 is 0. The number of carbonyl (C=O) groups excluding carboxylic acids is 2. The number of fused-ring (bicyclic) bond motifs is 1. The second-order valence-electron chi connectivity index (χ2n) is 7.63. The van der Waals surface area contributed by atoms with Crippen LogP contribution in [0.5, 0.6) is 17.2 Å². The number of esters is 1. The predicted molar refractivity (Wildman–Crippen MR) is 129 cm³/mol. The van der Waals surface area contributed by atoms with E-state index in [9.17, 15) is 14.4 Å². The first-order chi connectivity index (χ1) is 17.0. The number of rotatable bonds is 8. The number of ether oxygens (including phenoxy) is 3. The van der Waals surface area contributed by atoms with Crippen LogP contribution < -0.4 is 25.2 Å². The molecule has 0 aliphatic rings. The third kappa shape index (κ3) is 5.67. The molecule has 0 saturated carbocycles. The van der Waals surface area contributed by atoms with Crippen molar-refractivity contribution in [3.63, 3.8) is 0 Å². The van der Waals surface area contributed by atoms with Crippen LogP contribution in [0.2, 0.25) is 0 Å². The molecule has 0 aliphatic heterocycles. The van der Waals surface area contributed by atoms with Crippen molar-refractivity contribution in [3.8, 4) is 17.2 Å². The lowest BCUT2D eigenvalue weighted by Crippen LogP contribution is -2.29. The van der Waals surface area contributed by atoms with E-state index in [-0.39, 0.29) is 22.5 Å². The molecule has 35 heavy (non-hydrogen) atoms. The van der Waals surface area contributed by atoms with Crippen LogP contribution in [-0.2, 0) is 6.42 Å². The Morgan fingerprint density at radius 2 is 1.57 bits per heavy atom. The summed E-state index contributed by atoms with van der Waals surface area (Å²) in [7, 11) is 2.96. The number of benzene rings is 3. The zero-order chi connectivity index (χ0) is 24.8. The van der Waals surface area contributed by atoms with Crippen LogP contribution in [0.1, 0.15) is 26.3 Å². The van der Waals surface area contributed by atoms with E-state index < -0.39 is 17.5 Å². The number of amides is 1. The fourth-order valence-electron chi connectivity index (χ4n) is 3.46. The maximum Gasteiger partial charge on any atom is 0.349 e. The monoisotopic (exact) mass is 473 g/mol. The molecule has 1 amide bonds. The zero-order valence-corrected chi connectivity index (χ0v) is 19.2. The predicted octanol–water partition coefficient (Wildman–Crippen LogP) is 4.00. The first-order valence-electron chi connectivity index (χ1n) is 10.8. The lowest BCUT2D eigenvalue weighted by molar-refractivity contribution is 0.0734. The molecule has 0 aliphatic carbocycles. The third-order valence-corrected chi connectivity index (χ3v) is 5.29. The van der Waals surface area contributed by atoms with Gasteiger partial charge in [0.05, 0.1) is 19.8 Å². The number of hydrogen-bond acceptors (Lipinski definition) is 7. The minimum absolute atomic E-state index is 0.0983. The molecule has 4 rings (SSSR count). The maximum absolute atomic E-state index is 12.6. The first kappa shape index (κ1) is 23.6. The Labute approximate surface area is 201 Å². The van der Waals surface area contributed by atoms with Gasteiger partial charge in [-0.15, -0.1) is 0 Å². The van der Waals surface area contributed by atoms with Gasteiger partial charge in [-0.3, -0.25) is 4.79 Å². The van der Waals surface area contributed by atoms with Crippen molar-refractivity contribution in [1.29, 1.82) is 0 Å². The van der Waals surface area contributed by atoms with Gasteiger partial charge < -0.3 is 23.9 Å². The Balaban J connectivity index is 1.48. The molecular formula is C27H23NO7. The quantitative estimate of drug-likeness (QED) is 0.234. The van der Waals surface area contributed by atoms with Crippen LogP contribution in [0, 0.1) is 0 Å². The average molecular weight is 473 g/mol. The molecule has 0 radical (unpaired) electrons. The fraction of sp³-hybridized carbons (Fsp3) is 0.148. The molecule has 1 N–H and O–H groups in total. The molecular weight excluding hydrogens is 450 g/mol. The summed E-state index contributed by atoms with van der Waals surface area (Å²) < 4.78 is 21.1. The van der Waals surface area contributed by atoms with Crippen molar-refractivity contribution in [2.24, 2.45) is 0 Å². The summed E-state index contributed by atoms with van der Waals surface area (Å²) in [6.45, 7) is 0.379. The first-order valence-corrected chi connectivity index (χ1v) is 10.8. The minimum Gasteiger partial charge on any atom is -0.497 e. The van der Waals surface area contributed by atoms with Crippen LogP contribution >= 0.6 is 0 Å². The molecule has 0 fully saturated rings. The standard InChI is InChI=1S/C27H23NO7/c1-32-21-12-19(13-22(15-21)33-2)26(30)34-20-9-8-18-14-23(27(31)35-24(18)16-20)25(29)28-11-10-17-6-4-3-5-7-17/h3-9,12-16H,10-11H2,1-2H3,(H,28,29). The normalized spacial score (nSPS) is 10.6. The molecule has 1 heterocycles. The number of hydrogen-bond donors (Lipinski definition) is 1. The summed E-state index contributed by atoms with van der Waals surface area (Å²) in [6, 6.07) is 20.4. The van der Waals surface area contributed by atoms with E-state index in [4.69, 9.17) is 18.6 Å². The van der Waals surface area contributed by atoms with Crippen LogP contribution in [0.15, 0.2) is 82.0 Å². The smallest absolute Gasteiger partial charge is 0.349 e. The zero-order valence-electron chi connectivity index (χ0n) is 19.2. The molecule has 0 unspecified atom stereocenters. The van der Waals surface area contributed by atoms with Crippen molar-refractivity contribution >= 4 is 22.8 Å². The van der Waals surface area contributed by atoms with Gasteiger partial charge in [-0.05, 0) is 42.3 Å². The molecule has 0 saturated heterocycles. The lowest BCUT2D eigenvalue weighted by atomic mass is 10.1. The van der Waals surface area contributed by atoms with E-state index in [0.29, 0.717) is 29.9 Å². The highest BCUT2D eigenvalue weighted by atomic mass is 16.5. The van der Waals surface area contributed by atoms with Crippen LogP contribution in [0.3, 0.4) is 0 Å². The van der Waals surface area contributed by atoms with E-state index in [1.807, 2.05) is 30.3 Å². The van der Waals surface area contributed by atoms with Crippen molar-refractivity contribution in [2.75, 3.05) is 20.8 Å². The molecule has 8 heteroatoms. The lowest BCUT2D eigenvalue weighted by Gasteiger charge is -2.09. The molecule has 0 bridgehead atoms. The van der Waals surface area contributed by atoms with Crippen LogP contribution in [0.25, 0.3) is 11.0 Å². The number of nitrogens with one attached hydrogen (secondary N) is 1. The minimum atomic E-state index is -0.782. The maximum atomic E-state index is 12.6. The van der Waals surface area contributed by atoms with Crippen molar-refractivity contribution in [1.82, 2.24) is 5.32 Å². The molecule has 178 valence electrons. The Bertz CT molecular complexity index is 1400. The SMILES string of the molecule is COc1cc(OC)cc(C(=O)Oc2ccc3cc(C(=O)NCCc4ccccc4)c(=O)oc3c2)c1. The van der Waals surface area contributed by atoms with E-state index in [1.165, 1.54) is 38.5 Å². The summed E-state index contributed by atoms with van der Waals surface area (Å²) in [5.74, 6) is -0.101. The summed E-state index contributed by atoms with van der Waals surface area (Å²) in [5.41, 5.74) is 0.608. The van der Waals surface area contributed by atoms with E-state index in [0.717, 1.165) is 5.56 Å². The highest BCUT2D eigenvalue weighted by molar-refractivity contribution is 5.97. The van der Waals surface area contributed by atoms with Gasteiger partial charge >= 0.3 is 11.6 Å². The Kier molecular flexibility index (Phi) is 7.11. The van der Waals surface area contributed by atoms with Crippen molar-refractivity contribution in [2.45, 2.75) is 6.42 Å². The van der Waals surface area contributed by atoms with Gasteiger partial charge in [0.15, 0.2) is 0 Å². The second kappa shape index (κ2) is 10.6. The largest absolute Gasteiger partial charge is 0.497 e. The van der Waals surface area contributed by atoms with E-state index >= 15 is 0 Å².